The molecule has 3 nitrogen and oxygen atoms in total. The van der Waals surface area contributed by atoms with Crippen LogP contribution >= 0.6 is 0 Å². The van der Waals surface area contributed by atoms with Crippen LogP contribution in [0.5, 0.6) is 0 Å². The Morgan fingerprint density at radius 1 is 1.22 bits per heavy atom. The van der Waals surface area contributed by atoms with E-state index in [4.69, 9.17) is 0 Å². The summed E-state index contributed by atoms with van der Waals surface area (Å²) in [6.07, 6.45) is 9.13. The van der Waals surface area contributed by atoms with Gasteiger partial charge in [0.25, 0.3) is 0 Å². The van der Waals surface area contributed by atoms with Gasteiger partial charge in [0.1, 0.15) is 0 Å². The van der Waals surface area contributed by atoms with Crippen LogP contribution in [0.2, 0.25) is 0 Å². The zero-order valence-corrected chi connectivity index (χ0v) is 11.2. The quantitative estimate of drug-likeness (QED) is 0.856. The van der Waals surface area contributed by atoms with Crippen LogP contribution in [0.25, 0.3) is 0 Å². The number of rotatable bonds is 4. The maximum atomic E-state index is 4.22. The minimum atomic E-state index is 0.255. The second kappa shape index (κ2) is 4.88. The van der Waals surface area contributed by atoms with Gasteiger partial charge >= 0.3 is 0 Å². The van der Waals surface area contributed by atoms with Gasteiger partial charge in [-0.05, 0) is 69.7 Å². The third-order valence-electron chi connectivity index (χ3n) is 4.69. The van der Waals surface area contributed by atoms with Crippen LogP contribution in [-0.2, 0) is 0 Å². The molecule has 2 aliphatic rings. The molecule has 0 radical (unpaired) electrons. The summed E-state index contributed by atoms with van der Waals surface area (Å²) in [7, 11) is 0. The molecule has 1 aromatic heterocycles. The second-order valence-electron chi connectivity index (χ2n) is 5.95. The fourth-order valence-corrected chi connectivity index (χ4v) is 3.39. The first-order chi connectivity index (χ1) is 8.79. The van der Waals surface area contributed by atoms with Gasteiger partial charge in [-0.1, -0.05) is 0 Å². The molecule has 1 aromatic rings. The van der Waals surface area contributed by atoms with E-state index in [2.05, 4.69) is 28.6 Å². The average molecular weight is 245 g/mol. The van der Waals surface area contributed by atoms with Crippen molar-refractivity contribution in [1.29, 1.82) is 0 Å². The van der Waals surface area contributed by atoms with Gasteiger partial charge < -0.3 is 10.6 Å². The molecule has 1 aliphatic heterocycles. The minimum absolute atomic E-state index is 0.255. The SMILES string of the molecule is CC(Nc1cccnc1)(C1CCNCC1)C1CC1. The zero-order chi connectivity index (χ0) is 12.4. The lowest BCUT2D eigenvalue weighted by Gasteiger charge is -2.42. The third kappa shape index (κ3) is 2.37. The summed E-state index contributed by atoms with van der Waals surface area (Å²) < 4.78 is 0. The number of piperidine rings is 1. The van der Waals surface area contributed by atoms with E-state index in [1.165, 1.54) is 44.5 Å². The topological polar surface area (TPSA) is 37.0 Å². The summed E-state index contributed by atoms with van der Waals surface area (Å²) in [6.45, 7) is 4.76. The number of anilines is 1. The number of pyridine rings is 1. The lowest BCUT2D eigenvalue weighted by atomic mass is 9.76. The van der Waals surface area contributed by atoms with E-state index in [0.29, 0.717) is 0 Å². The Labute approximate surface area is 109 Å². The predicted molar refractivity (Wildman–Crippen MR) is 74.6 cm³/mol. The molecule has 0 amide bonds. The van der Waals surface area contributed by atoms with Gasteiger partial charge in [0.2, 0.25) is 0 Å². The van der Waals surface area contributed by atoms with Crippen molar-refractivity contribution >= 4 is 5.69 Å². The normalized spacial score (nSPS) is 24.5. The van der Waals surface area contributed by atoms with Crippen molar-refractivity contribution in [2.24, 2.45) is 11.8 Å². The molecule has 1 saturated carbocycles. The van der Waals surface area contributed by atoms with Gasteiger partial charge in [-0.2, -0.15) is 0 Å². The largest absolute Gasteiger partial charge is 0.378 e. The van der Waals surface area contributed by atoms with Crippen LogP contribution in [0, 0.1) is 11.8 Å². The highest BCUT2D eigenvalue weighted by atomic mass is 15.0. The molecule has 1 atom stereocenters. The number of nitrogens with one attached hydrogen (secondary N) is 2. The van der Waals surface area contributed by atoms with E-state index in [1.807, 2.05) is 18.5 Å². The Kier molecular flexibility index (Phi) is 3.25. The second-order valence-corrected chi connectivity index (χ2v) is 5.95. The van der Waals surface area contributed by atoms with Crippen molar-refractivity contribution in [2.75, 3.05) is 18.4 Å². The van der Waals surface area contributed by atoms with Gasteiger partial charge in [0, 0.05) is 17.9 Å². The van der Waals surface area contributed by atoms with Crippen molar-refractivity contribution in [3.05, 3.63) is 24.5 Å². The van der Waals surface area contributed by atoms with Gasteiger partial charge in [0.05, 0.1) is 5.69 Å². The van der Waals surface area contributed by atoms with E-state index in [9.17, 15) is 0 Å². The van der Waals surface area contributed by atoms with Gasteiger partial charge in [-0.15, -0.1) is 0 Å². The lowest BCUT2D eigenvalue weighted by molar-refractivity contribution is 0.227. The minimum Gasteiger partial charge on any atom is -0.378 e. The Hall–Kier alpha value is -1.09. The molecule has 1 unspecified atom stereocenters. The lowest BCUT2D eigenvalue weighted by Crippen LogP contribution is -2.49. The Bertz CT molecular complexity index is 382. The summed E-state index contributed by atoms with van der Waals surface area (Å²) in [6, 6.07) is 4.15. The number of nitrogens with zero attached hydrogens (tertiary/aromatic N) is 1. The maximum absolute atomic E-state index is 4.22. The van der Waals surface area contributed by atoms with Crippen molar-refractivity contribution in [3.8, 4) is 0 Å². The first-order valence-corrected chi connectivity index (χ1v) is 7.18. The molecule has 18 heavy (non-hydrogen) atoms. The Balaban J connectivity index is 1.77. The van der Waals surface area contributed by atoms with E-state index < -0.39 is 0 Å². The van der Waals surface area contributed by atoms with E-state index in [-0.39, 0.29) is 5.54 Å². The molecule has 0 spiro atoms. The monoisotopic (exact) mass is 245 g/mol. The molecular formula is C15H23N3. The number of aromatic nitrogens is 1. The summed E-state index contributed by atoms with van der Waals surface area (Å²) >= 11 is 0. The molecule has 98 valence electrons. The number of hydrogen-bond acceptors (Lipinski definition) is 3. The van der Waals surface area contributed by atoms with Crippen molar-refractivity contribution < 1.29 is 0 Å². The fraction of sp³-hybridized carbons (Fsp3) is 0.667. The standard InChI is InChI=1S/C15H23N3/c1-15(12-4-5-12,13-6-9-16-10-7-13)18-14-3-2-8-17-11-14/h2-3,8,11-13,16,18H,4-7,9-10H2,1H3. The van der Waals surface area contributed by atoms with Crippen LogP contribution in [0.3, 0.4) is 0 Å². The third-order valence-corrected chi connectivity index (χ3v) is 4.69. The van der Waals surface area contributed by atoms with Crippen LogP contribution in [0.15, 0.2) is 24.5 Å². The smallest absolute Gasteiger partial charge is 0.0531 e. The zero-order valence-electron chi connectivity index (χ0n) is 11.2. The molecule has 1 saturated heterocycles. The molecule has 2 heterocycles. The van der Waals surface area contributed by atoms with E-state index in [1.54, 1.807) is 0 Å². The van der Waals surface area contributed by atoms with Crippen molar-refractivity contribution in [2.45, 2.75) is 38.1 Å². The highest BCUT2D eigenvalue weighted by Crippen LogP contribution is 2.47. The summed E-state index contributed by atoms with van der Waals surface area (Å²) in [5, 5.41) is 7.27. The Morgan fingerprint density at radius 3 is 2.56 bits per heavy atom. The number of hydrogen-bond donors (Lipinski definition) is 2. The summed E-state index contributed by atoms with van der Waals surface area (Å²) in [5.74, 6) is 1.63. The maximum Gasteiger partial charge on any atom is 0.0531 e. The van der Waals surface area contributed by atoms with E-state index in [0.717, 1.165) is 11.8 Å². The summed E-state index contributed by atoms with van der Waals surface area (Å²) in [4.78, 5) is 4.22. The molecule has 3 heteroatoms. The fourth-order valence-electron chi connectivity index (χ4n) is 3.39. The molecule has 0 aromatic carbocycles. The van der Waals surface area contributed by atoms with Crippen LogP contribution in [0.1, 0.15) is 32.6 Å². The highest BCUT2D eigenvalue weighted by Gasteiger charge is 2.46. The predicted octanol–water partition coefficient (Wildman–Crippen LogP) is 2.66. The molecular weight excluding hydrogens is 222 g/mol. The highest BCUT2D eigenvalue weighted by molar-refractivity contribution is 5.43. The molecule has 2 fully saturated rings. The molecule has 2 N–H and O–H groups in total. The molecule has 1 aliphatic carbocycles. The first kappa shape index (κ1) is 12.0. The summed E-state index contributed by atoms with van der Waals surface area (Å²) in [5.41, 5.74) is 1.43. The average Bonchev–Trinajstić information content (AvgIpc) is 3.25. The molecule has 0 bridgehead atoms. The van der Waals surface area contributed by atoms with Gasteiger partial charge in [-0.25, -0.2) is 0 Å². The van der Waals surface area contributed by atoms with E-state index >= 15 is 0 Å². The molecule has 3 rings (SSSR count). The van der Waals surface area contributed by atoms with Crippen LogP contribution < -0.4 is 10.6 Å². The van der Waals surface area contributed by atoms with Crippen LogP contribution in [-0.4, -0.2) is 23.6 Å². The van der Waals surface area contributed by atoms with Gasteiger partial charge in [0.15, 0.2) is 0 Å². The Morgan fingerprint density at radius 2 is 1.94 bits per heavy atom. The van der Waals surface area contributed by atoms with Gasteiger partial charge in [-0.3, -0.25) is 4.98 Å². The van der Waals surface area contributed by atoms with Crippen molar-refractivity contribution in [3.63, 3.8) is 0 Å². The van der Waals surface area contributed by atoms with Crippen molar-refractivity contribution in [1.82, 2.24) is 10.3 Å². The van der Waals surface area contributed by atoms with Crippen LogP contribution in [0.4, 0.5) is 5.69 Å². The first-order valence-electron chi connectivity index (χ1n) is 7.18.